The number of hydrogen-bond donors (Lipinski definition) is 1. The zero-order valence-electron chi connectivity index (χ0n) is 7.01. The third-order valence-electron chi connectivity index (χ3n) is 1.75. The number of halogens is 2. The lowest BCUT2D eigenvalue weighted by Gasteiger charge is -2.01. The lowest BCUT2D eigenvalue weighted by atomic mass is 10.3. The highest BCUT2D eigenvalue weighted by Crippen LogP contribution is 2.15. The fourth-order valence-corrected chi connectivity index (χ4v) is 1.02. The second-order valence-electron chi connectivity index (χ2n) is 2.66. The molecule has 1 aromatic rings. The summed E-state index contributed by atoms with van der Waals surface area (Å²) in [6, 6.07) is 0. The van der Waals surface area contributed by atoms with Crippen LogP contribution in [0.25, 0.3) is 0 Å². The molecule has 0 aliphatic heterocycles. The summed E-state index contributed by atoms with van der Waals surface area (Å²) in [5, 5.41) is 3.86. The van der Waals surface area contributed by atoms with E-state index >= 15 is 0 Å². The van der Waals surface area contributed by atoms with Crippen LogP contribution < -0.4 is 5.73 Å². The fourth-order valence-electron chi connectivity index (χ4n) is 1.02. The molecule has 0 atom stereocenters. The van der Waals surface area contributed by atoms with Crippen LogP contribution in [0.3, 0.4) is 0 Å². The minimum atomic E-state index is -2.39. The summed E-state index contributed by atoms with van der Waals surface area (Å²) in [7, 11) is 0. The number of rotatable bonds is 2. The summed E-state index contributed by atoms with van der Waals surface area (Å²) in [5.41, 5.74) is 7.26. The van der Waals surface area contributed by atoms with Crippen molar-refractivity contribution in [2.75, 3.05) is 5.73 Å². The molecule has 0 radical (unpaired) electrons. The highest BCUT2D eigenvalue weighted by atomic mass is 19.3. The van der Waals surface area contributed by atoms with Crippen molar-refractivity contribution < 1.29 is 8.78 Å². The van der Waals surface area contributed by atoms with Crippen molar-refractivity contribution in [3.63, 3.8) is 0 Å². The van der Waals surface area contributed by atoms with E-state index < -0.39 is 6.43 Å². The first-order valence-corrected chi connectivity index (χ1v) is 3.60. The van der Waals surface area contributed by atoms with Gasteiger partial charge in [0.05, 0.1) is 17.1 Å². The van der Waals surface area contributed by atoms with Gasteiger partial charge in [0.15, 0.2) is 0 Å². The molecule has 0 saturated heterocycles. The minimum absolute atomic E-state index is 0.385. The van der Waals surface area contributed by atoms with Crippen molar-refractivity contribution in [3.8, 4) is 0 Å². The fraction of sp³-hybridized carbons (Fsp3) is 0.571. The van der Waals surface area contributed by atoms with Gasteiger partial charge in [0, 0.05) is 0 Å². The standard InChI is InChI=1S/C7H11F2N3/c1-4-7(10)5(2)12(11-4)3-6(8)9/h6H,3,10H2,1-2H3. The molecule has 5 heteroatoms. The number of anilines is 1. The molecule has 2 N–H and O–H groups in total. The average Bonchev–Trinajstić information content (AvgIpc) is 2.17. The second-order valence-corrected chi connectivity index (χ2v) is 2.66. The molecule has 0 aromatic carbocycles. The van der Waals surface area contributed by atoms with Crippen LogP contribution in [0.5, 0.6) is 0 Å². The van der Waals surface area contributed by atoms with Gasteiger partial charge in [-0.3, -0.25) is 4.68 Å². The van der Waals surface area contributed by atoms with Gasteiger partial charge in [0.1, 0.15) is 6.54 Å². The van der Waals surface area contributed by atoms with E-state index in [1.54, 1.807) is 13.8 Å². The number of aryl methyl sites for hydroxylation is 1. The van der Waals surface area contributed by atoms with Gasteiger partial charge in [-0.05, 0) is 13.8 Å². The van der Waals surface area contributed by atoms with Crippen LogP contribution in [0.1, 0.15) is 11.4 Å². The van der Waals surface area contributed by atoms with Crippen molar-refractivity contribution in [2.24, 2.45) is 0 Å². The van der Waals surface area contributed by atoms with E-state index in [9.17, 15) is 8.78 Å². The third-order valence-corrected chi connectivity index (χ3v) is 1.75. The largest absolute Gasteiger partial charge is 0.396 e. The Morgan fingerprint density at radius 2 is 2.08 bits per heavy atom. The molecule has 0 saturated carbocycles. The Kier molecular flexibility index (Phi) is 2.30. The van der Waals surface area contributed by atoms with Crippen LogP contribution in [-0.2, 0) is 6.54 Å². The lowest BCUT2D eigenvalue weighted by molar-refractivity contribution is 0.121. The van der Waals surface area contributed by atoms with Crippen LogP contribution in [0.4, 0.5) is 14.5 Å². The van der Waals surface area contributed by atoms with Crippen molar-refractivity contribution in [3.05, 3.63) is 11.4 Å². The Balaban J connectivity index is 2.93. The van der Waals surface area contributed by atoms with Gasteiger partial charge in [0.25, 0.3) is 6.43 Å². The van der Waals surface area contributed by atoms with Gasteiger partial charge in [-0.1, -0.05) is 0 Å². The zero-order chi connectivity index (χ0) is 9.30. The summed E-state index contributed by atoms with van der Waals surface area (Å²) < 4.78 is 25.1. The molecule has 12 heavy (non-hydrogen) atoms. The molecule has 1 aromatic heterocycles. The summed E-state index contributed by atoms with van der Waals surface area (Å²) in [4.78, 5) is 0. The summed E-state index contributed by atoms with van der Waals surface area (Å²) in [5.74, 6) is 0. The molecular formula is C7H11F2N3. The summed E-state index contributed by atoms with van der Waals surface area (Å²) >= 11 is 0. The Hall–Kier alpha value is -1.13. The van der Waals surface area contributed by atoms with E-state index in [1.807, 2.05) is 0 Å². The smallest absolute Gasteiger partial charge is 0.257 e. The molecule has 0 fully saturated rings. The lowest BCUT2D eigenvalue weighted by Crippen LogP contribution is -2.09. The quantitative estimate of drug-likeness (QED) is 0.737. The monoisotopic (exact) mass is 175 g/mol. The number of aromatic nitrogens is 2. The third kappa shape index (κ3) is 1.54. The number of nitrogens with two attached hydrogens (primary N) is 1. The maximum Gasteiger partial charge on any atom is 0.257 e. The molecule has 1 heterocycles. The minimum Gasteiger partial charge on any atom is -0.396 e. The first-order chi connectivity index (χ1) is 5.52. The van der Waals surface area contributed by atoms with E-state index in [2.05, 4.69) is 5.10 Å². The maximum absolute atomic E-state index is 11.9. The van der Waals surface area contributed by atoms with E-state index in [0.717, 1.165) is 0 Å². The second kappa shape index (κ2) is 3.08. The van der Waals surface area contributed by atoms with Gasteiger partial charge in [-0.15, -0.1) is 0 Å². The van der Waals surface area contributed by atoms with Crippen LogP contribution in [-0.4, -0.2) is 16.2 Å². The Labute approximate surface area is 69.2 Å². The number of hydrogen-bond acceptors (Lipinski definition) is 2. The number of nitrogens with zero attached hydrogens (tertiary/aromatic N) is 2. The SMILES string of the molecule is Cc1nn(CC(F)F)c(C)c1N. The zero-order valence-corrected chi connectivity index (χ0v) is 7.01. The normalized spacial score (nSPS) is 11.1. The molecular weight excluding hydrogens is 164 g/mol. The molecule has 0 aliphatic carbocycles. The molecule has 0 amide bonds. The molecule has 0 spiro atoms. The van der Waals surface area contributed by atoms with E-state index in [-0.39, 0.29) is 6.54 Å². The van der Waals surface area contributed by atoms with Gasteiger partial charge in [-0.25, -0.2) is 8.78 Å². The van der Waals surface area contributed by atoms with Crippen molar-refractivity contribution in [1.29, 1.82) is 0 Å². The van der Waals surface area contributed by atoms with Crippen LogP contribution in [0, 0.1) is 13.8 Å². The molecule has 1 rings (SSSR count). The summed E-state index contributed by atoms with van der Waals surface area (Å²) in [6.07, 6.45) is -2.39. The molecule has 68 valence electrons. The highest BCUT2D eigenvalue weighted by molar-refractivity contribution is 5.46. The Morgan fingerprint density at radius 3 is 2.42 bits per heavy atom. The predicted octanol–water partition coefficient (Wildman–Crippen LogP) is 1.35. The predicted molar refractivity (Wildman–Crippen MR) is 42.1 cm³/mol. The Bertz CT molecular complexity index is 280. The van der Waals surface area contributed by atoms with Crippen LogP contribution >= 0.6 is 0 Å². The number of alkyl halides is 2. The first kappa shape index (κ1) is 8.96. The molecule has 0 unspecified atom stereocenters. The average molecular weight is 175 g/mol. The van der Waals surface area contributed by atoms with E-state index in [4.69, 9.17) is 5.73 Å². The molecule has 3 nitrogen and oxygen atoms in total. The highest BCUT2D eigenvalue weighted by Gasteiger charge is 2.11. The van der Waals surface area contributed by atoms with E-state index in [1.165, 1.54) is 4.68 Å². The van der Waals surface area contributed by atoms with Crippen molar-refractivity contribution in [2.45, 2.75) is 26.8 Å². The molecule has 0 aliphatic rings. The van der Waals surface area contributed by atoms with E-state index in [0.29, 0.717) is 17.1 Å². The van der Waals surface area contributed by atoms with Crippen LogP contribution in [0.2, 0.25) is 0 Å². The van der Waals surface area contributed by atoms with Crippen molar-refractivity contribution >= 4 is 5.69 Å². The van der Waals surface area contributed by atoms with Crippen LogP contribution in [0.15, 0.2) is 0 Å². The number of nitrogen functional groups attached to an aromatic ring is 1. The van der Waals surface area contributed by atoms with Crippen molar-refractivity contribution in [1.82, 2.24) is 9.78 Å². The van der Waals surface area contributed by atoms with Gasteiger partial charge >= 0.3 is 0 Å². The van der Waals surface area contributed by atoms with Gasteiger partial charge in [-0.2, -0.15) is 5.10 Å². The molecule has 0 bridgehead atoms. The first-order valence-electron chi connectivity index (χ1n) is 3.60. The van der Waals surface area contributed by atoms with Gasteiger partial charge in [0.2, 0.25) is 0 Å². The topological polar surface area (TPSA) is 43.8 Å². The maximum atomic E-state index is 11.9. The summed E-state index contributed by atoms with van der Waals surface area (Å²) in [6.45, 7) is 2.99. The Morgan fingerprint density at radius 1 is 1.50 bits per heavy atom. The van der Waals surface area contributed by atoms with Gasteiger partial charge < -0.3 is 5.73 Å².